The summed E-state index contributed by atoms with van der Waals surface area (Å²) in [4.78, 5) is 16.2. The standard InChI is InChI=1S/C17H29N5OS/c1-20-16(18-19-17(20)24-2)14-8-7-9-21(12-14)13-15(23)22-10-5-3-4-6-11-22/h14H,3-13H2,1-2H3/p+1/t14-/m1/s1. The molecule has 2 saturated heterocycles. The highest BCUT2D eigenvalue weighted by atomic mass is 32.2. The summed E-state index contributed by atoms with van der Waals surface area (Å²) in [5, 5.41) is 9.65. The molecule has 1 N–H and O–H groups in total. The van der Waals surface area contributed by atoms with Crippen LogP contribution in [0.4, 0.5) is 0 Å². The second kappa shape index (κ2) is 8.34. The molecule has 3 rings (SSSR count). The summed E-state index contributed by atoms with van der Waals surface area (Å²) in [5.41, 5.74) is 0. The molecule has 24 heavy (non-hydrogen) atoms. The number of carbonyl (C=O) groups excluding carboxylic acids is 1. The van der Waals surface area contributed by atoms with Crippen molar-refractivity contribution in [1.29, 1.82) is 0 Å². The average Bonchev–Trinajstić information content (AvgIpc) is 2.79. The topological polar surface area (TPSA) is 55.5 Å². The molecule has 2 atom stereocenters. The number of thioether (sulfide) groups is 1. The molecule has 0 aromatic carbocycles. The lowest BCUT2D eigenvalue weighted by atomic mass is 9.97. The van der Waals surface area contributed by atoms with Gasteiger partial charge in [-0.05, 0) is 31.9 Å². The van der Waals surface area contributed by atoms with E-state index in [1.807, 2.05) is 6.26 Å². The first-order chi connectivity index (χ1) is 11.7. The smallest absolute Gasteiger partial charge is 0.277 e. The van der Waals surface area contributed by atoms with Crippen LogP contribution in [0.2, 0.25) is 0 Å². The van der Waals surface area contributed by atoms with Crippen molar-refractivity contribution in [2.24, 2.45) is 7.05 Å². The highest BCUT2D eigenvalue weighted by Crippen LogP contribution is 2.22. The number of rotatable bonds is 4. The fourth-order valence-electron chi connectivity index (χ4n) is 4.04. The molecular weight excluding hydrogens is 322 g/mol. The van der Waals surface area contributed by atoms with Gasteiger partial charge in [0.2, 0.25) is 0 Å². The third-order valence-corrected chi connectivity index (χ3v) is 6.11. The van der Waals surface area contributed by atoms with Gasteiger partial charge in [0.25, 0.3) is 5.91 Å². The molecule has 1 aromatic rings. The number of nitrogens with zero attached hydrogens (tertiary/aromatic N) is 4. The number of quaternary nitrogens is 1. The van der Waals surface area contributed by atoms with Crippen molar-refractivity contribution in [1.82, 2.24) is 19.7 Å². The van der Waals surface area contributed by atoms with Crippen molar-refractivity contribution in [3.8, 4) is 0 Å². The van der Waals surface area contributed by atoms with Crippen LogP contribution < -0.4 is 4.90 Å². The molecule has 3 heterocycles. The minimum absolute atomic E-state index is 0.343. The Morgan fingerprint density at radius 3 is 2.62 bits per heavy atom. The molecule has 1 aromatic heterocycles. The second-order valence-corrected chi connectivity index (χ2v) is 7.89. The van der Waals surface area contributed by atoms with Gasteiger partial charge in [0.1, 0.15) is 5.82 Å². The second-order valence-electron chi connectivity index (χ2n) is 7.12. The van der Waals surface area contributed by atoms with Crippen LogP contribution in [0.15, 0.2) is 5.16 Å². The molecular formula is C17H30N5OS+. The number of hydrogen-bond acceptors (Lipinski definition) is 4. The highest BCUT2D eigenvalue weighted by Gasteiger charge is 2.30. The maximum atomic E-state index is 12.6. The third-order valence-electron chi connectivity index (χ3n) is 5.39. The van der Waals surface area contributed by atoms with Crippen LogP contribution in [-0.4, -0.2) is 64.6 Å². The average molecular weight is 353 g/mol. The lowest BCUT2D eigenvalue weighted by molar-refractivity contribution is -0.898. The Morgan fingerprint density at radius 1 is 1.21 bits per heavy atom. The molecule has 7 heteroatoms. The van der Waals surface area contributed by atoms with Crippen LogP contribution >= 0.6 is 11.8 Å². The third kappa shape index (κ3) is 4.11. The normalized spacial score (nSPS) is 25.5. The maximum Gasteiger partial charge on any atom is 0.277 e. The molecule has 0 saturated carbocycles. The summed E-state index contributed by atoms with van der Waals surface area (Å²) in [5.74, 6) is 1.85. The summed E-state index contributed by atoms with van der Waals surface area (Å²) >= 11 is 1.63. The first-order valence-corrected chi connectivity index (χ1v) is 10.5. The molecule has 2 aliphatic rings. The van der Waals surface area contributed by atoms with E-state index in [-0.39, 0.29) is 0 Å². The molecule has 1 amide bonds. The van der Waals surface area contributed by atoms with Crippen LogP contribution in [0.3, 0.4) is 0 Å². The number of nitrogens with one attached hydrogen (secondary N) is 1. The summed E-state index contributed by atoms with van der Waals surface area (Å²) in [6.07, 6.45) is 9.22. The van der Waals surface area contributed by atoms with Gasteiger partial charge in [0, 0.05) is 20.1 Å². The van der Waals surface area contributed by atoms with Crippen LogP contribution in [-0.2, 0) is 11.8 Å². The Hall–Kier alpha value is -1.08. The molecule has 2 fully saturated rings. The number of carbonyl (C=O) groups is 1. The van der Waals surface area contributed by atoms with Gasteiger partial charge in [0.05, 0.1) is 19.0 Å². The van der Waals surface area contributed by atoms with Crippen molar-refractivity contribution in [2.75, 3.05) is 39.0 Å². The zero-order chi connectivity index (χ0) is 16.9. The van der Waals surface area contributed by atoms with Gasteiger partial charge in [0.15, 0.2) is 11.7 Å². The van der Waals surface area contributed by atoms with Crippen LogP contribution in [0.25, 0.3) is 0 Å². The lowest BCUT2D eigenvalue weighted by Gasteiger charge is -2.30. The highest BCUT2D eigenvalue weighted by molar-refractivity contribution is 7.98. The van der Waals surface area contributed by atoms with E-state index in [1.165, 1.54) is 30.6 Å². The zero-order valence-corrected chi connectivity index (χ0v) is 15.8. The van der Waals surface area contributed by atoms with E-state index < -0.39 is 0 Å². The van der Waals surface area contributed by atoms with Crippen molar-refractivity contribution >= 4 is 17.7 Å². The van der Waals surface area contributed by atoms with Gasteiger partial charge in [-0.2, -0.15) is 0 Å². The molecule has 0 radical (unpaired) electrons. The number of amides is 1. The first-order valence-electron chi connectivity index (χ1n) is 9.23. The van der Waals surface area contributed by atoms with Gasteiger partial charge in [-0.3, -0.25) is 4.79 Å². The molecule has 0 bridgehead atoms. The van der Waals surface area contributed by atoms with E-state index in [2.05, 4.69) is 26.7 Å². The summed E-state index contributed by atoms with van der Waals surface area (Å²) in [6, 6.07) is 0. The fraction of sp³-hybridized carbons (Fsp3) is 0.824. The monoisotopic (exact) mass is 352 g/mol. The Bertz CT molecular complexity index is 553. The Labute approximate surface area is 149 Å². The SMILES string of the molecule is CSc1nnc([C@@H]2CCC[NH+](CC(=O)N3CCCCCC3)C2)n1C. The van der Waals surface area contributed by atoms with E-state index in [4.69, 9.17) is 0 Å². The predicted octanol–water partition coefficient (Wildman–Crippen LogP) is 0.702. The Kier molecular flexibility index (Phi) is 6.16. The lowest BCUT2D eigenvalue weighted by Crippen LogP contribution is -3.14. The van der Waals surface area contributed by atoms with Gasteiger partial charge >= 0.3 is 0 Å². The van der Waals surface area contributed by atoms with Gasteiger partial charge in [-0.1, -0.05) is 24.6 Å². The summed E-state index contributed by atoms with van der Waals surface area (Å²) in [7, 11) is 2.05. The summed E-state index contributed by atoms with van der Waals surface area (Å²) < 4.78 is 2.12. The van der Waals surface area contributed by atoms with E-state index in [9.17, 15) is 4.79 Å². The van der Waals surface area contributed by atoms with Crippen molar-refractivity contribution < 1.29 is 9.69 Å². The molecule has 1 unspecified atom stereocenters. The summed E-state index contributed by atoms with van der Waals surface area (Å²) in [6.45, 7) is 4.65. The van der Waals surface area contributed by atoms with Crippen molar-refractivity contribution in [3.05, 3.63) is 5.82 Å². The van der Waals surface area contributed by atoms with Crippen LogP contribution in [0.5, 0.6) is 0 Å². The van der Waals surface area contributed by atoms with Gasteiger partial charge < -0.3 is 14.4 Å². The van der Waals surface area contributed by atoms with E-state index in [1.54, 1.807) is 11.8 Å². The number of aromatic nitrogens is 3. The molecule has 0 spiro atoms. The molecule has 6 nitrogen and oxygen atoms in total. The predicted molar refractivity (Wildman–Crippen MR) is 95.4 cm³/mol. The first kappa shape index (κ1) is 17.7. The minimum atomic E-state index is 0.343. The molecule has 2 aliphatic heterocycles. The van der Waals surface area contributed by atoms with Crippen LogP contribution in [0.1, 0.15) is 50.3 Å². The Morgan fingerprint density at radius 2 is 1.96 bits per heavy atom. The number of piperidine rings is 1. The quantitative estimate of drug-likeness (QED) is 0.811. The van der Waals surface area contributed by atoms with Gasteiger partial charge in [-0.25, -0.2) is 0 Å². The van der Waals surface area contributed by atoms with E-state index >= 15 is 0 Å². The minimum Gasteiger partial charge on any atom is -0.338 e. The molecule has 134 valence electrons. The number of likely N-dealkylation sites (tertiary alicyclic amines) is 2. The molecule has 0 aliphatic carbocycles. The van der Waals surface area contributed by atoms with Crippen molar-refractivity contribution in [3.63, 3.8) is 0 Å². The number of hydrogen-bond donors (Lipinski definition) is 1. The largest absolute Gasteiger partial charge is 0.338 e. The van der Waals surface area contributed by atoms with Crippen LogP contribution in [0, 0.1) is 0 Å². The Balaban J connectivity index is 1.58. The van der Waals surface area contributed by atoms with E-state index in [0.717, 1.165) is 50.0 Å². The van der Waals surface area contributed by atoms with E-state index in [0.29, 0.717) is 18.4 Å². The maximum absolute atomic E-state index is 12.6. The van der Waals surface area contributed by atoms with Crippen molar-refractivity contribution in [2.45, 2.75) is 49.6 Å². The zero-order valence-electron chi connectivity index (χ0n) is 15.0. The fourth-order valence-corrected chi connectivity index (χ4v) is 4.53. The van der Waals surface area contributed by atoms with Gasteiger partial charge in [-0.15, -0.1) is 10.2 Å².